The molecule has 648 valence electrons. The highest BCUT2D eigenvalue weighted by atomic mass is 32.1. The number of nitrogens with zero attached hydrogens (tertiary/aromatic N) is 8. The van der Waals surface area contributed by atoms with Crippen LogP contribution in [0.4, 0.5) is 5.13 Å². The normalized spacial score (nSPS) is 21.6. The van der Waals surface area contributed by atoms with Crippen molar-refractivity contribution in [1.82, 2.24) is 45.4 Å². The Bertz CT molecular complexity index is 5340. The molecule has 6 heterocycles. The molecule has 5 aromatic carbocycles. The Labute approximate surface area is 727 Å². The Morgan fingerprint density at radius 1 is 0.640 bits per heavy atom. The first kappa shape index (κ1) is 88.7. The molecule has 14 rings (SSSR count). The zero-order chi connectivity index (χ0) is 88.2. The summed E-state index contributed by atoms with van der Waals surface area (Å²) in [6.07, 6.45) is -5.43. The molecule has 28 nitrogen and oxygen atoms in total. The smallest absolute Gasteiger partial charge is 0.350 e. The zero-order valence-corrected chi connectivity index (χ0v) is 71.3. The molecule has 0 unspecified atom stereocenters. The third-order valence-corrected chi connectivity index (χ3v) is 25.3. The number of fused-ring (bicyclic) bond motifs is 6. The van der Waals surface area contributed by atoms with Crippen LogP contribution in [0.5, 0.6) is 5.75 Å². The standard InChI is InChI=1S/C96H100N10O18S/c1-60-74(52-96(117)88(123-90(115)66-30-15-10-16-31-66)86-94(6,75(109)51-76-95(86,59-119-76)124-62(3)108)87(113)83(120-61(2)107)80(60)93(96,4)5)121-91(116)84(81(64-26-11-8-12-27-64)102-89(114)65-28-13-9-14-29-65)122-79(112)43-42-77(110)101-48-25-49-106(78(111)50-63-36-40-73(118-7)41-37-63)92-103-82-67(53-104(55-69-32-17-21-44-97-69)56-70-33-18-22-45-98-70)38-39-68(85(82)125-92)54-105(57-71-34-19-23-46-99-71)58-72-35-20-24-47-100-72/h8-24,26-41,44-47,74-76,81,83-84,86,88,109,117H,25,42-43,48-59H2,1-7H3,(H,101,110)(H,102,114)/t74-,75-,76+,81-,83+,84+,86-,88-,94+,95-,96+/m0/s1. The second-order valence-electron chi connectivity index (χ2n) is 32.7. The number of Topliss-reactive ketones (excluding diaryl/α,β-unsaturated/α-hetero) is 1. The third kappa shape index (κ3) is 19.8. The number of ketones is 1. The predicted octanol–water partition coefficient (Wildman–Crippen LogP) is 11.5. The number of benzene rings is 5. The number of pyridine rings is 4. The largest absolute Gasteiger partial charge is 0.497 e. The van der Waals surface area contributed by atoms with E-state index in [1.807, 2.05) is 84.9 Å². The van der Waals surface area contributed by atoms with E-state index in [0.29, 0.717) is 61.2 Å². The van der Waals surface area contributed by atoms with E-state index in [0.717, 1.165) is 52.5 Å². The fourth-order valence-electron chi connectivity index (χ4n) is 17.8. The van der Waals surface area contributed by atoms with Gasteiger partial charge in [0, 0.05) is 121 Å². The molecule has 29 heteroatoms. The Kier molecular flexibility index (Phi) is 27.7. The van der Waals surface area contributed by atoms with Crippen molar-refractivity contribution in [3.8, 4) is 5.75 Å². The fourth-order valence-corrected chi connectivity index (χ4v) is 18.9. The predicted molar refractivity (Wildman–Crippen MR) is 460 cm³/mol. The number of methoxy groups -OCH3 is 1. The van der Waals surface area contributed by atoms with Crippen LogP contribution >= 0.6 is 11.3 Å². The van der Waals surface area contributed by atoms with Crippen molar-refractivity contribution in [3.05, 3.63) is 292 Å². The molecule has 5 aromatic heterocycles. The maximum Gasteiger partial charge on any atom is 0.350 e. The third-order valence-electron chi connectivity index (χ3n) is 24.1. The first-order valence-corrected chi connectivity index (χ1v) is 42.4. The number of carbonyl (C=O) groups excluding carboxylic acids is 9. The summed E-state index contributed by atoms with van der Waals surface area (Å²) in [5, 5.41) is 33.0. The van der Waals surface area contributed by atoms with Gasteiger partial charge in [0.15, 0.2) is 22.6 Å². The van der Waals surface area contributed by atoms with Gasteiger partial charge in [0.2, 0.25) is 17.9 Å². The molecule has 2 saturated carbocycles. The van der Waals surface area contributed by atoms with Gasteiger partial charge >= 0.3 is 29.8 Å². The summed E-state index contributed by atoms with van der Waals surface area (Å²) in [5.74, 6) is -8.84. The molecule has 11 atom stereocenters. The van der Waals surface area contributed by atoms with Gasteiger partial charge in [-0.25, -0.2) is 14.6 Å². The number of amides is 3. The number of aliphatic hydroxyl groups is 2. The minimum atomic E-state index is -2.57. The number of aliphatic hydroxyl groups excluding tert-OH is 1. The van der Waals surface area contributed by atoms with Gasteiger partial charge in [-0.05, 0) is 139 Å². The van der Waals surface area contributed by atoms with E-state index in [4.69, 9.17) is 58.1 Å². The Morgan fingerprint density at radius 3 is 1.73 bits per heavy atom. The maximum atomic E-state index is 16.1. The van der Waals surface area contributed by atoms with Crippen LogP contribution in [0.1, 0.15) is 145 Å². The number of anilines is 1. The first-order valence-electron chi connectivity index (χ1n) is 41.6. The highest BCUT2D eigenvalue weighted by molar-refractivity contribution is 7.22. The van der Waals surface area contributed by atoms with Gasteiger partial charge in [-0.3, -0.25) is 68.2 Å². The van der Waals surface area contributed by atoms with Gasteiger partial charge in [0.25, 0.3) is 5.91 Å². The Morgan fingerprint density at radius 2 is 1.19 bits per heavy atom. The summed E-state index contributed by atoms with van der Waals surface area (Å²) in [6.45, 7) is 10.6. The monoisotopic (exact) mass is 1710 g/mol. The number of hydrogen-bond acceptors (Lipinski definition) is 26. The van der Waals surface area contributed by atoms with Crippen molar-refractivity contribution < 1.29 is 86.5 Å². The van der Waals surface area contributed by atoms with Crippen LogP contribution in [0.3, 0.4) is 0 Å². The molecule has 4 N–H and O–H groups in total. The van der Waals surface area contributed by atoms with E-state index in [9.17, 15) is 39.0 Å². The lowest BCUT2D eigenvalue weighted by molar-refractivity contribution is -0.346. The summed E-state index contributed by atoms with van der Waals surface area (Å²) in [7, 11) is 1.56. The molecule has 1 saturated heterocycles. The molecule has 2 bridgehead atoms. The van der Waals surface area contributed by atoms with Gasteiger partial charge in [0.05, 0.1) is 82.6 Å². The van der Waals surface area contributed by atoms with E-state index in [1.165, 1.54) is 63.3 Å². The lowest BCUT2D eigenvalue weighted by Gasteiger charge is -2.67. The number of ether oxygens (including phenoxy) is 7. The molecule has 3 aliphatic carbocycles. The summed E-state index contributed by atoms with van der Waals surface area (Å²) in [4.78, 5) is 163. The van der Waals surface area contributed by atoms with E-state index in [1.54, 1.807) is 116 Å². The summed E-state index contributed by atoms with van der Waals surface area (Å²) >= 11 is 1.39. The van der Waals surface area contributed by atoms with Crippen molar-refractivity contribution in [1.29, 1.82) is 0 Å². The average Bonchev–Trinajstić information content (AvgIpc) is 1.05. The zero-order valence-electron chi connectivity index (χ0n) is 70.5. The molecule has 0 spiro atoms. The minimum Gasteiger partial charge on any atom is -0.497 e. The summed E-state index contributed by atoms with van der Waals surface area (Å²) in [5.41, 5.74) is -1.46. The van der Waals surface area contributed by atoms with Gasteiger partial charge < -0.3 is 54.0 Å². The molecular formula is C96H100N10O18S. The molecule has 4 aliphatic rings. The van der Waals surface area contributed by atoms with E-state index >= 15 is 14.4 Å². The highest BCUT2D eigenvalue weighted by Crippen LogP contribution is 2.65. The van der Waals surface area contributed by atoms with Gasteiger partial charge in [-0.15, -0.1) is 0 Å². The van der Waals surface area contributed by atoms with Gasteiger partial charge in [0.1, 0.15) is 35.7 Å². The average molecular weight is 1710 g/mol. The quantitative estimate of drug-likeness (QED) is 0.0126. The number of hydrogen-bond donors (Lipinski definition) is 4. The summed E-state index contributed by atoms with van der Waals surface area (Å²) < 4.78 is 44.0. The van der Waals surface area contributed by atoms with Gasteiger partial charge in [-0.1, -0.05) is 140 Å². The van der Waals surface area contributed by atoms with Crippen LogP contribution in [-0.4, -0.2) is 173 Å². The van der Waals surface area contributed by atoms with Crippen molar-refractivity contribution in [3.63, 3.8) is 0 Å². The lowest BCUT2D eigenvalue weighted by atomic mass is 9.44. The SMILES string of the molecule is COc1ccc(CC(=O)N(CCCNC(=O)CCC(=O)O[C@@H](C(=O)O[C@H]2C[C@@]3(O)[C@@H](OC(=O)c4ccccc4)[C@@H]4[C@]5(OC(C)=O)CO[C@@H]5C[C@H](O)[C@@]4(C)C(=O)[C@H](OC(C)=O)C(=C2C)C3(C)C)[C@@H](NC(=O)c2ccccc2)c2ccccc2)c2nc3c(CN(Cc4ccccn4)Cc4ccccn4)ccc(CN(Cc4ccccn4)Cc4ccccn4)c3s2)cc1. The van der Waals surface area contributed by atoms with Crippen LogP contribution < -0.4 is 20.3 Å². The molecule has 10 aromatic rings. The number of esters is 5. The van der Waals surface area contributed by atoms with Crippen LogP contribution in [0, 0.1) is 16.7 Å². The van der Waals surface area contributed by atoms with Crippen LogP contribution in [0.2, 0.25) is 0 Å². The topological polar surface area (TPSA) is 357 Å². The first-order chi connectivity index (χ1) is 60.2. The van der Waals surface area contributed by atoms with Gasteiger partial charge in [-0.2, -0.15) is 0 Å². The highest BCUT2D eigenvalue weighted by Gasteiger charge is 2.78. The van der Waals surface area contributed by atoms with Crippen molar-refractivity contribution in [2.24, 2.45) is 16.7 Å². The number of aromatic nitrogens is 5. The Hall–Kier alpha value is -12.6. The van der Waals surface area contributed by atoms with E-state index in [-0.39, 0.29) is 66.1 Å². The number of carbonyl (C=O) groups is 9. The molecule has 1 aliphatic heterocycles. The van der Waals surface area contributed by atoms with Crippen LogP contribution in [0.15, 0.2) is 236 Å². The fraction of sp³-hybridized carbons (Fsp3) is 0.354. The molecular weight excluding hydrogens is 1610 g/mol. The number of rotatable bonds is 34. The van der Waals surface area contributed by atoms with Crippen molar-refractivity contribution >= 4 is 80.0 Å². The molecule has 0 radical (unpaired) electrons. The minimum absolute atomic E-state index is 0.000561. The second-order valence-corrected chi connectivity index (χ2v) is 33.7. The number of thiazole rings is 1. The molecule has 3 amide bonds. The molecule has 125 heavy (non-hydrogen) atoms. The maximum absolute atomic E-state index is 16.1. The number of nitrogens with one attached hydrogen (secondary N) is 2. The van der Waals surface area contributed by atoms with Crippen molar-refractivity contribution in [2.45, 2.75) is 173 Å². The van der Waals surface area contributed by atoms with E-state index in [2.05, 4.69) is 32.6 Å². The second kappa shape index (κ2) is 39.1. The Balaban J connectivity index is 0.761. The molecule has 3 fully saturated rings. The van der Waals surface area contributed by atoms with Crippen LogP contribution in [-0.2, 0) is 108 Å². The van der Waals surface area contributed by atoms with E-state index < -0.39 is 144 Å². The van der Waals surface area contributed by atoms with Crippen molar-refractivity contribution in [2.75, 3.05) is 31.7 Å². The lowest BCUT2D eigenvalue weighted by Crippen LogP contribution is -2.82. The summed E-state index contributed by atoms with van der Waals surface area (Å²) in [6, 6.07) is 57.0. The van der Waals surface area contributed by atoms with Crippen LogP contribution in [0.25, 0.3) is 10.2 Å².